The first-order valence-corrected chi connectivity index (χ1v) is 7.81. The highest BCUT2D eigenvalue weighted by Crippen LogP contribution is 2.23. The van der Waals surface area contributed by atoms with Crippen LogP contribution >= 0.6 is 0 Å². The first kappa shape index (κ1) is 14.3. The monoisotopic (exact) mass is 254 g/mol. The topological polar surface area (TPSA) is 35.5 Å². The lowest BCUT2D eigenvalue weighted by Crippen LogP contribution is -2.34. The van der Waals surface area contributed by atoms with E-state index in [1.54, 1.807) is 0 Å². The predicted octanol–water partition coefficient (Wildman–Crippen LogP) is 1.86. The van der Waals surface area contributed by atoms with Crippen LogP contribution in [0.5, 0.6) is 0 Å². The Labute approximate surface area is 112 Å². The molecule has 1 saturated heterocycles. The van der Waals surface area contributed by atoms with Crippen molar-refractivity contribution in [1.82, 2.24) is 10.2 Å². The zero-order valence-corrected chi connectivity index (χ0v) is 11.9. The molecule has 0 amide bonds. The SMILES string of the molecule is CN1CCCC(CCNCC2CCC(O)CC2)C1. The molecule has 1 atom stereocenters. The van der Waals surface area contributed by atoms with Crippen molar-refractivity contribution in [3.8, 4) is 0 Å². The van der Waals surface area contributed by atoms with Crippen molar-refractivity contribution in [2.75, 3.05) is 33.2 Å². The number of rotatable bonds is 5. The zero-order valence-electron chi connectivity index (χ0n) is 11.9. The Morgan fingerprint density at radius 2 is 1.89 bits per heavy atom. The van der Waals surface area contributed by atoms with Gasteiger partial charge in [0.1, 0.15) is 0 Å². The van der Waals surface area contributed by atoms with Crippen molar-refractivity contribution < 1.29 is 5.11 Å². The van der Waals surface area contributed by atoms with Crippen molar-refractivity contribution in [2.45, 2.75) is 51.0 Å². The van der Waals surface area contributed by atoms with Crippen LogP contribution in [0.25, 0.3) is 0 Å². The quantitative estimate of drug-likeness (QED) is 0.735. The summed E-state index contributed by atoms with van der Waals surface area (Å²) in [7, 11) is 2.24. The van der Waals surface area contributed by atoms with E-state index in [0.717, 1.165) is 31.2 Å². The van der Waals surface area contributed by atoms with Crippen LogP contribution in [0.15, 0.2) is 0 Å². The van der Waals surface area contributed by atoms with Gasteiger partial charge in [-0.15, -0.1) is 0 Å². The summed E-state index contributed by atoms with van der Waals surface area (Å²) < 4.78 is 0. The second kappa shape index (κ2) is 7.46. The minimum atomic E-state index is -0.0148. The van der Waals surface area contributed by atoms with Crippen LogP contribution in [-0.2, 0) is 0 Å². The molecule has 3 heteroatoms. The molecular weight excluding hydrogens is 224 g/mol. The Hall–Kier alpha value is -0.120. The van der Waals surface area contributed by atoms with Crippen LogP contribution in [0.3, 0.4) is 0 Å². The van der Waals surface area contributed by atoms with Gasteiger partial charge in [-0.25, -0.2) is 0 Å². The lowest BCUT2D eigenvalue weighted by molar-refractivity contribution is 0.108. The van der Waals surface area contributed by atoms with Crippen LogP contribution in [-0.4, -0.2) is 49.3 Å². The molecule has 0 aromatic carbocycles. The highest BCUT2D eigenvalue weighted by molar-refractivity contribution is 4.74. The molecule has 1 heterocycles. The van der Waals surface area contributed by atoms with Crippen LogP contribution in [0.4, 0.5) is 0 Å². The maximum atomic E-state index is 9.47. The maximum absolute atomic E-state index is 9.47. The van der Waals surface area contributed by atoms with Gasteiger partial charge in [-0.2, -0.15) is 0 Å². The van der Waals surface area contributed by atoms with Crippen molar-refractivity contribution in [2.24, 2.45) is 11.8 Å². The highest BCUT2D eigenvalue weighted by atomic mass is 16.3. The van der Waals surface area contributed by atoms with Crippen molar-refractivity contribution in [1.29, 1.82) is 0 Å². The van der Waals surface area contributed by atoms with E-state index < -0.39 is 0 Å². The molecule has 2 N–H and O–H groups in total. The third-order valence-corrected chi connectivity index (χ3v) is 4.70. The van der Waals surface area contributed by atoms with Gasteiger partial charge in [-0.1, -0.05) is 0 Å². The fourth-order valence-electron chi connectivity index (χ4n) is 3.47. The number of nitrogens with one attached hydrogen (secondary N) is 1. The Kier molecular flexibility index (Phi) is 5.93. The average Bonchev–Trinajstić information content (AvgIpc) is 2.37. The summed E-state index contributed by atoms with van der Waals surface area (Å²) in [5, 5.41) is 13.1. The van der Waals surface area contributed by atoms with E-state index >= 15 is 0 Å². The second-order valence-electron chi connectivity index (χ2n) is 6.44. The minimum absolute atomic E-state index is 0.0148. The third-order valence-electron chi connectivity index (χ3n) is 4.70. The first-order valence-electron chi connectivity index (χ1n) is 7.81. The number of aliphatic hydroxyl groups excluding tert-OH is 1. The molecule has 2 fully saturated rings. The summed E-state index contributed by atoms with van der Waals surface area (Å²) in [4.78, 5) is 2.47. The first-order chi connectivity index (χ1) is 8.74. The fourth-order valence-corrected chi connectivity index (χ4v) is 3.47. The predicted molar refractivity (Wildman–Crippen MR) is 75.7 cm³/mol. The maximum Gasteiger partial charge on any atom is 0.0540 e. The summed E-state index contributed by atoms with van der Waals surface area (Å²) in [6.45, 7) is 4.92. The lowest BCUT2D eigenvalue weighted by Gasteiger charge is -2.30. The second-order valence-corrected chi connectivity index (χ2v) is 6.44. The largest absolute Gasteiger partial charge is 0.393 e. The molecule has 18 heavy (non-hydrogen) atoms. The minimum Gasteiger partial charge on any atom is -0.393 e. The van der Waals surface area contributed by atoms with Gasteiger partial charge in [0.2, 0.25) is 0 Å². The Morgan fingerprint density at radius 3 is 2.61 bits per heavy atom. The Balaban J connectivity index is 1.50. The lowest BCUT2D eigenvalue weighted by atomic mass is 9.87. The van der Waals surface area contributed by atoms with Gasteiger partial charge in [-0.3, -0.25) is 0 Å². The molecule has 0 bridgehead atoms. The fraction of sp³-hybridized carbons (Fsp3) is 1.00. The molecule has 0 aromatic heterocycles. The van der Waals surface area contributed by atoms with Crippen molar-refractivity contribution in [3.63, 3.8) is 0 Å². The molecule has 1 aliphatic heterocycles. The molecule has 0 spiro atoms. The molecule has 0 aromatic rings. The molecule has 2 rings (SSSR count). The van der Waals surface area contributed by atoms with Crippen molar-refractivity contribution >= 4 is 0 Å². The van der Waals surface area contributed by atoms with Gasteiger partial charge in [0.05, 0.1) is 6.10 Å². The molecular formula is C15H30N2O. The van der Waals surface area contributed by atoms with E-state index in [2.05, 4.69) is 17.3 Å². The number of likely N-dealkylation sites (tertiary alicyclic amines) is 1. The summed E-state index contributed by atoms with van der Waals surface area (Å²) in [5.41, 5.74) is 0. The molecule has 3 nitrogen and oxygen atoms in total. The summed E-state index contributed by atoms with van der Waals surface area (Å²) >= 11 is 0. The van der Waals surface area contributed by atoms with Gasteiger partial charge >= 0.3 is 0 Å². The van der Waals surface area contributed by atoms with Gasteiger partial charge in [-0.05, 0) is 83.5 Å². The number of piperidine rings is 1. The molecule has 2 aliphatic rings. The standard InChI is InChI=1S/C15H30N2O/c1-17-10-2-3-14(12-17)8-9-16-11-13-4-6-15(18)7-5-13/h13-16,18H,2-12H2,1H3. The van der Waals surface area contributed by atoms with Gasteiger partial charge in [0.25, 0.3) is 0 Å². The Bertz CT molecular complexity index is 227. The highest BCUT2D eigenvalue weighted by Gasteiger charge is 2.19. The van der Waals surface area contributed by atoms with E-state index in [9.17, 15) is 5.11 Å². The summed E-state index contributed by atoms with van der Waals surface area (Å²) in [5.74, 6) is 1.71. The molecule has 1 saturated carbocycles. The molecule has 106 valence electrons. The summed E-state index contributed by atoms with van der Waals surface area (Å²) in [6.07, 6.45) is 8.56. The van der Waals surface area contributed by atoms with Gasteiger partial charge in [0, 0.05) is 6.54 Å². The van der Waals surface area contributed by atoms with E-state index in [-0.39, 0.29) is 6.10 Å². The number of aliphatic hydroxyl groups is 1. The molecule has 1 aliphatic carbocycles. The summed E-state index contributed by atoms with van der Waals surface area (Å²) in [6, 6.07) is 0. The third kappa shape index (κ3) is 4.87. The number of nitrogens with zero attached hydrogens (tertiary/aromatic N) is 1. The van der Waals surface area contributed by atoms with Gasteiger partial charge in [0.15, 0.2) is 0 Å². The van der Waals surface area contributed by atoms with Gasteiger partial charge < -0.3 is 15.3 Å². The van der Waals surface area contributed by atoms with Crippen molar-refractivity contribution in [3.05, 3.63) is 0 Å². The average molecular weight is 254 g/mol. The van der Waals surface area contributed by atoms with E-state index in [0.29, 0.717) is 0 Å². The van der Waals surface area contributed by atoms with E-state index in [1.807, 2.05) is 0 Å². The zero-order chi connectivity index (χ0) is 12.8. The number of hydrogen-bond acceptors (Lipinski definition) is 3. The smallest absolute Gasteiger partial charge is 0.0540 e. The molecule has 1 unspecified atom stereocenters. The normalized spacial score (nSPS) is 34.7. The Morgan fingerprint density at radius 1 is 1.11 bits per heavy atom. The number of hydrogen-bond donors (Lipinski definition) is 2. The van der Waals surface area contributed by atoms with E-state index in [4.69, 9.17) is 0 Å². The van der Waals surface area contributed by atoms with Crippen LogP contribution in [0.1, 0.15) is 44.9 Å². The van der Waals surface area contributed by atoms with Crippen LogP contribution in [0.2, 0.25) is 0 Å². The van der Waals surface area contributed by atoms with Crippen LogP contribution in [0, 0.1) is 11.8 Å². The molecule has 0 radical (unpaired) electrons. The van der Waals surface area contributed by atoms with Crippen LogP contribution < -0.4 is 5.32 Å². The van der Waals surface area contributed by atoms with E-state index in [1.165, 1.54) is 51.7 Å².